The molecule has 0 radical (unpaired) electrons. The Balaban J connectivity index is 2.67. The van der Waals surface area contributed by atoms with E-state index in [0.717, 1.165) is 12.1 Å². The lowest BCUT2D eigenvalue weighted by molar-refractivity contribution is -0.137. The van der Waals surface area contributed by atoms with Gasteiger partial charge >= 0.3 is 6.18 Å². The van der Waals surface area contributed by atoms with Gasteiger partial charge in [-0.2, -0.15) is 13.2 Å². The smallest absolute Gasteiger partial charge is 0.378 e. The molecule has 0 aliphatic carbocycles. The Hall–Kier alpha value is -1.88. The molecule has 22 heavy (non-hydrogen) atoms. The van der Waals surface area contributed by atoms with Crippen LogP contribution >= 0.6 is 0 Å². The van der Waals surface area contributed by atoms with Crippen molar-refractivity contribution in [2.24, 2.45) is 5.41 Å². The van der Waals surface area contributed by atoms with Gasteiger partial charge in [0.05, 0.1) is 11.3 Å². The highest BCUT2D eigenvalue weighted by atomic mass is 19.4. The molecule has 0 aliphatic rings. The number of alkyl halides is 3. The molecule has 1 atom stereocenters. The van der Waals surface area contributed by atoms with Crippen LogP contribution in [0.5, 0.6) is 0 Å². The maximum Gasteiger partial charge on any atom is 0.416 e. The van der Waals surface area contributed by atoms with E-state index in [-0.39, 0.29) is 5.56 Å². The summed E-state index contributed by atoms with van der Waals surface area (Å²) in [4.78, 5) is 4.15. The molecule has 0 bridgehead atoms. The molecule has 118 valence electrons. The van der Waals surface area contributed by atoms with Crippen LogP contribution in [0.15, 0.2) is 48.7 Å². The second-order valence-corrected chi connectivity index (χ2v) is 6.25. The molecular formula is C17H18F3NO. The van der Waals surface area contributed by atoms with E-state index in [4.69, 9.17) is 0 Å². The maximum atomic E-state index is 13.0. The zero-order valence-electron chi connectivity index (χ0n) is 12.6. The molecule has 1 aromatic heterocycles. The fourth-order valence-corrected chi connectivity index (χ4v) is 2.46. The Bertz CT molecular complexity index is 647. The summed E-state index contributed by atoms with van der Waals surface area (Å²) < 4.78 is 38.9. The van der Waals surface area contributed by atoms with Crippen molar-refractivity contribution in [1.82, 2.24) is 4.98 Å². The Morgan fingerprint density at radius 1 is 0.909 bits per heavy atom. The number of pyridine rings is 1. The summed E-state index contributed by atoms with van der Waals surface area (Å²) in [5.41, 5.74) is -2.67. The zero-order valence-corrected chi connectivity index (χ0v) is 12.6. The van der Waals surface area contributed by atoms with Crippen molar-refractivity contribution in [2.45, 2.75) is 32.5 Å². The van der Waals surface area contributed by atoms with Crippen molar-refractivity contribution in [3.05, 3.63) is 65.5 Å². The molecule has 2 aromatic rings. The molecule has 1 aromatic carbocycles. The topological polar surface area (TPSA) is 33.1 Å². The number of aromatic nitrogens is 1. The molecule has 0 fully saturated rings. The van der Waals surface area contributed by atoms with Gasteiger partial charge < -0.3 is 5.11 Å². The summed E-state index contributed by atoms with van der Waals surface area (Å²) in [6.07, 6.45) is -2.95. The first kappa shape index (κ1) is 16.5. The Labute approximate surface area is 127 Å². The van der Waals surface area contributed by atoms with Gasteiger partial charge in [-0.15, -0.1) is 0 Å². The van der Waals surface area contributed by atoms with Gasteiger partial charge in [0.2, 0.25) is 0 Å². The van der Waals surface area contributed by atoms with E-state index < -0.39 is 22.8 Å². The van der Waals surface area contributed by atoms with E-state index in [1.165, 1.54) is 18.3 Å². The van der Waals surface area contributed by atoms with Gasteiger partial charge in [-0.05, 0) is 29.8 Å². The molecule has 0 amide bonds. The number of aliphatic hydroxyl groups is 1. The summed E-state index contributed by atoms with van der Waals surface area (Å²) in [5, 5.41) is 11.3. The third-order valence-electron chi connectivity index (χ3n) is 3.73. The first-order valence-corrected chi connectivity index (χ1v) is 6.88. The van der Waals surface area contributed by atoms with E-state index in [1.807, 2.05) is 0 Å². The third-order valence-corrected chi connectivity index (χ3v) is 3.73. The van der Waals surface area contributed by atoms with E-state index in [2.05, 4.69) is 4.98 Å². The zero-order chi connectivity index (χ0) is 16.6. The second-order valence-electron chi connectivity index (χ2n) is 6.25. The molecule has 0 aliphatic heterocycles. The predicted octanol–water partition coefficient (Wildman–Crippen LogP) is 4.38. The molecule has 0 spiro atoms. The number of nitrogens with zero attached hydrogens (tertiary/aromatic N) is 1. The highest BCUT2D eigenvalue weighted by Crippen LogP contribution is 2.44. The van der Waals surface area contributed by atoms with E-state index in [0.29, 0.717) is 5.69 Å². The van der Waals surface area contributed by atoms with Gasteiger partial charge in [-0.3, -0.25) is 4.98 Å². The first-order valence-electron chi connectivity index (χ1n) is 6.88. The van der Waals surface area contributed by atoms with Gasteiger partial charge in [-0.1, -0.05) is 39.0 Å². The minimum atomic E-state index is -4.46. The normalized spacial score (nSPS) is 15.4. The Morgan fingerprint density at radius 3 is 2.05 bits per heavy atom. The summed E-state index contributed by atoms with van der Waals surface area (Å²) in [5.74, 6) is 0. The molecule has 1 heterocycles. The predicted molar refractivity (Wildman–Crippen MR) is 78.1 cm³/mol. The highest BCUT2D eigenvalue weighted by molar-refractivity contribution is 5.38. The van der Waals surface area contributed by atoms with Crippen LogP contribution in [0.2, 0.25) is 0 Å². The number of hydrogen-bond donors (Lipinski definition) is 1. The van der Waals surface area contributed by atoms with Crippen molar-refractivity contribution in [2.75, 3.05) is 0 Å². The van der Waals surface area contributed by atoms with Crippen molar-refractivity contribution in [1.29, 1.82) is 0 Å². The molecule has 0 saturated carbocycles. The quantitative estimate of drug-likeness (QED) is 0.893. The average molecular weight is 309 g/mol. The van der Waals surface area contributed by atoms with Crippen molar-refractivity contribution >= 4 is 0 Å². The minimum Gasteiger partial charge on any atom is -0.378 e. The fourth-order valence-electron chi connectivity index (χ4n) is 2.46. The summed E-state index contributed by atoms with van der Waals surface area (Å²) in [6.45, 7) is 5.30. The van der Waals surface area contributed by atoms with Crippen LogP contribution in [0.3, 0.4) is 0 Å². The first-order chi connectivity index (χ1) is 10.1. The number of hydrogen-bond acceptors (Lipinski definition) is 2. The van der Waals surface area contributed by atoms with Gasteiger partial charge in [0, 0.05) is 11.6 Å². The number of benzene rings is 1. The standard InChI is InChI=1S/C17H18F3NO/c1-15(2,3)16(22,14-9-4-5-10-21-14)12-7-6-8-13(11-12)17(18,19)20/h4-11,22H,1-3H3. The van der Waals surface area contributed by atoms with E-state index in [9.17, 15) is 18.3 Å². The highest BCUT2D eigenvalue weighted by Gasteiger charge is 2.45. The van der Waals surface area contributed by atoms with Crippen molar-refractivity contribution in [3.63, 3.8) is 0 Å². The largest absolute Gasteiger partial charge is 0.416 e. The SMILES string of the molecule is CC(C)(C)C(O)(c1cccc(C(F)(F)F)c1)c1ccccn1. The van der Waals surface area contributed by atoms with Crippen molar-refractivity contribution in [3.8, 4) is 0 Å². The molecular weight excluding hydrogens is 291 g/mol. The Kier molecular flexibility index (Phi) is 4.04. The summed E-state index contributed by atoms with van der Waals surface area (Å²) in [7, 11) is 0. The van der Waals surface area contributed by atoms with E-state index >= 15 is 0 Å². The van der Waals surface area contributed by atoms with Crippen LogP contribution in [0.1, 0.15) is 37.6 Å². The molecule has 0 saturated heterocycles. The number of halogens is 3. The van der Waals surface area contributed by atoms with Gasteiger partial charge in [-0.25, -0.2) is 0 Å². The maximum absolute atomic E-state index is 13.0. The van der Waals surface area contributed by atoms with Crippen LogP contribution in [-0.2, 0) is 11.8 Å². The van der Waals surface area contributed by atoms with Crippen LogP contribution in [0.4, 0.5) is 13.2 Å². The van der Waals surface area contributed by atoms with Crippen LogP contribution in [0, 0.1) is 5.41 Å². The lowest BCUT2D eigenvalue weighted by Gasteiger charge is -2.40. The van der Waals surface area contributed by atoms with Crippen LogP contribution < -0.4 is 0 Å². The van der Waals surface area contributed by atoms with Gasteiger partial charge in [0.25, 0.3) is 0 Å². The Morgan fingerprint density at radius 2 is 1.55 bits per heavy atom. The van der Waals surface area contributed by atoms with Crippen molar-refractivity contribution < 1.29 is 18.3 Å². The lowest BCUT2D eigenvalue weighted by atomic mass is 9.70. The molecule has 5 heteroatoms. The molecule has 1 unspecified atom stereocenters. The monoisotopic (exact) mass is 309 g/mol. The fraction of sp³-hybridized carbons (Fsp3) is 0.353. The summed E-state index contributed by atoms with van der Waals surface area (Å²) in [6, 6.07) is 9.79. The average Bonchev–Trinajstić information content (AvgIpc) is 2.45. The number of rotatable bonds is 2. The molecule has 2 nitrogen and oxygen atoms in total. The molecule has 2 rings (SSSR count). The third kappa shape index (κ3) is 2.86. The van der Waals surface area contributed by atoms with Gasteiger partial charge in [0.15, 0.2) is 0 Å². The van der Waals surface area contributed by atoms with Gasteiger partial charge in [0.1, 0.15) is 5.60 Å². The summed E-state index contributed by atoms with van der Waals surface area (Å²) >= 11 is 0. The second kappa shape index (κ2) is 5.39. The van der Waals surface area contributed by atoms with E-state index in [1.54, 1.807) is 39.0 Å². The minimum absolute atomic E-state index is 0.175. The van der Waals surface area contributed by atoms with Crippen LogP contribution in [-0.4, -0.2) is 10.1 Å². The van der Waals surface area contributed by atoms with Crippen LogP contribution in [0.25, 0.3) is 0 Å². The molecule has 1 N–H and O–H groups in total. The lowest BCUT2D eigenvalue weighted by Crippen LogP contribution is -2.42.